The van der Waals surface area contributed by atoms with Crippen molar-refractivity contribution in [1.29, 1.82) is 0 Å². The second-order valence-electron chi connectivity index (χ2n) is 7.12. The van der Waals surface area contributed by atoms with Gasteiger partial charge in [-0.3, -0.25) is 0 Å². The first-order valence-corrected chi connectivity index (χ1v) is 10.4. The second kappa shape index (κ2) is 9.81. The van der Waals surface area contributed by atoms with E-state index in [1.807, 2.05) is 66.4 Å². The lowest BCUT2D eigenvalue weighted by atomic mass is 10.1. The van der Waals surface area contributed by atoms with Crippen LogP contribution in [0.1, 0.15) is 23.6 Å². The van der Waals surface area contributed by atoms with Crippen molar-refractivity contribution in [2.75, 3.05) is 19.1 Å². The van der Waals surface area contributed by atoms with Crippen LogP contribution in [0, 0.1) is 5.82 Å². The van der Waals surface area contributed by atoms with Gasteiger partial charge in [0, 0.05) is 17.6 Å². The van der Waals surface area contributed by atoms with E-state index < -0.39 is 0 Å². The lowest BCUT2D eigenvalue weighted by Gasteiger charge is -2.27. The van der Waals surface area contributed by atoms with Gasteiger partial charge in [-0.15, -0.1) is 0 Å². The highest BCUT2D eigenvalue weighted by Gasteiger charge is 2.16. The highest BCUT2D eigenvalue weighted by atomic mass is 79.9. The Hall–Kier alpha value is -2.79. The average molecular weight is 470 g/mol. The summed E-state index contributed by atoms with van der Waals surface area (Å²) >= 11 is 3.57. The molecule has 3 nitrogen and oxygen atoms in total. The smallest absolute Gasteiger partial charge is 0.147 e. The van der Waals surface area contributed by atoms with Crippen LogP contribution in [-0.2, 0) is 13.1 Å². The van der Waals surface area contributed by atoms with E-state index in [2.05, 4.69) is 22.5 Å². The van der Waals surface area contributed by atoms with E-state index in [0.717, 1.165) is 38.2 Å². The van der Waals surface area contributed by atoms with Gasteiger partial charge in [0.2, 0.25) is 0 Å². The lowest BCUT2D eigenvalue weighted by Crippen LogP contribution is -2.23. The van der Waals surface area contributed by atoms with Gasteiger partial charge in [0.1, 0.15) is 17.3 Å². The highest BCUT2D eigenvalue weighted by Crippen LogP contribution is 2.33. The van der Waals surface area contributed by atoms with Crippen LogP contribution < -0.4 is 14.4 Å². The molecule has 0 aliphatic heterocycles. The predicted octanol–water partition coefficient (Wildman–Crippen LogP) is 6.85. The van der Waals surface area contributed by atoms with Gasteiger partial charge < -0.3 is 14.4 Å². The molecule has 0 aliphatic carbocycles. The summed E-state index contributed by atoms with van der Waals surface area (Å²) in [4.78, 5) is 2.02. The summed E-state index contributed by atoms with van der Waals surface area (Å²) in [5.74, 6) is 1.30. The standard InChI is InChI=1S/C25H25BrFNO2/c1-17(2)22-13-24(27)25(14-23(22)26)28(15-18-5-9-20(29-3)10-6-18)16-19-7-11-21(30-4)12-8-19/h5-14H,1,15-16H2,2-4H3. The van der Waals surface area contributed by atoms with E-state index in [4.69, 9.17) is 9.47 Å². The van der Waals surface area contributed by atoms with Crippen molar-refractivity contribution >= 4 is 27.2 Å². The van der Waals surface area contributed by atoms with Gasteiger partial charge >= 0.3 is 0 Å². The Morgan fingerprint density at radius 1 is 0.900 bits per heavy atom. The molecule has 0 bridgehead atoms. The predicted molar refractivity (Wildman–Crippen MR) is 125 cm³/mol. The number of nitrogens with zero attached hydrogens (tertiary/aromatic N) is 1. The zero-order valence-electron chi connectivity index (χ0n) is 17.4. The van der Waals surface area contributed by atoms with E-state index in [1.165, 1.54) is 6.07 Å². The number of halogens is 2. The first kappa shape index (κ1) is 21.9. The molecule has 0 saturated carbocycles. The van der Waals surface area contributed by atoms with Crippen LogP contribution in [0.25, 0.3) is 5.57 Å². The fourth-order valence-electron chi connectivity index (χ4n) is 3.23. The first-order valence-electron chi connectivity index (χ1n) is 9.57. The number of rotatable bonds is 8. The first-order chi connectivity index (χ1) is 14.4. The zero-order chi connectivity index (χ0) is 21.7. The molecule has 0 aliphatic rings. The minimum atomic E-state index is -0.279. The van der Waals surface area contributed by atoms with E-state index in [1.54, 1.807) is 14.2 Å². The molecule has 0 amide bonds. The third-order valence-corrected chi connectivity index (χ3v) is 5.56. The Balaban J connectivity index is 1.97. The molecule has 0 fully saturated rings. The van der Waals surface area contributed by atoms with Crippen molar-refractivity contribution in [2.24, 2.45) is 0 Å². The summed E-state index contributed by atoms with van der Waals surface area (Å²) in [7, 11) is 3.28. The molecule has 0 radical (unpaired) electrons. The van der Waals surface area contributed by atoms with Gasteiger partial charge in [0.05, 0.1) is 19.9 Å². The van der Waals surface area contributed by atoms with Gasteiger partial charge in [0.15, 0.2) is 0 Å². The normalized spacial score (nSPS) is 10.6. The lowest BCUT2D eigenvalue weighted by molar-refractivity contribution is 0.414. The summed E-state index contributed by atoms with van der Waals surface area (Å²) in [6.07, 6.45) is 0. The number of anilines is 1. The Morgan fingerprint density at radius 2 is 1.37 bits per heavy atom. The Kier molecular flexibility index (Phi) is 7.16. The topological polar surface area (TPSA) is 21.7 Å². The molecule has 0 saturated heterocycles. The number of allylic oxidation sites excluding steroid dienone is 1. The molecule has 0 spiro atoms. The average Bonchev–Trinajstić information content (AvgIpc) is 2.75. The molecule has 0 N–H and O–H groups in total. The number of hydrogen-bond donors (Lipinski definition) is 0. The van der Waals surface area contributed by atoms with Crippen LogP contribution in [0.4, 0.5) is 10.1 Å². The van der Waals surface area contributed by atoms with Crippen molar-refractivity contribution in [3.63, 3.8) is 0 Å². The van der Waals surface area contributed by atoms with Crippen LogP contribution in [0.2, 0.25) is 0 Å². The summed E-state index contributed by atoms with van der Waals surface area (Å²) in [5, 5.41) is 0. The van der Waals surface area contributed by atoms with Crippen LogP contribution in [-0.4, -0.2) is 14.2 Å². The van der Waals surface area contributed by atoms with Crippen molar-refractivity contribution in [3.8, 4) is 11.5 Å². The molecule has 3 aromatic carbocycles. The van der Waals surface area contributed by atoms with Gasteiger partial charge in [-0.25, -0.2) is 4.39 Å². The second-order valence-corrected chi connectivity index (χ2v) is 7.97. The van der Waals surface area contributed by atoms with Crippen LogP contribution in [0.5, 0.6) is 11.5 Å². The Bertz CT molecular complexity index is 967. The third kappa shape index (κ3) is 5.22. The quantitative estimate of drug-likeness (QED) is 0.360. The molecule has 0 atom stereocenters. The number of hydrogen-bond acceptors (Lipinski definition) is 3. The Morgan fingerprint density at radius 3 is 1.77 bits per heavy atom. The molecule has 0 aromatic heterocycles. The molecule has 0 unspecified atom stereocenters. The summed E-state index contributed by atoms with van der Waals surface area (Å²) in [6, 6.07) is 19.0. The van der Waals surface area contributed by atoms with E-state index in [0.29, 0.717) is 18.8 Å². The van der Waals surface area contributed by atoms with Crippen molar-refractivity contribution in [3.05, 3.63) is 94.2 Å². The maximum absolute atomic E-state index is 15.1. The SMILES string of the molecule is C=C(C)c1cc(F)c(N(Cc2ccc(OC)cc2)Cc2ccc(OC)cc2)cc1Br. The monoisotopic (exact) mass is 469 g/mol. The molecule has 5 heteroatoms. The van der Waals surface area contributed by atoms with Crippen LogP contribution in [0.15, 0.2) is 71.7 Å². The van der Waals surface area contributed by atoms with Crippen molar-refractivity contribution < 1.29 is 13.9 Å². The summed E-state index contributed by atoms with van der Waals surface area (Å²) in [5.41, 5.74) is 4.22. The van der Waals surface area contributed by atoms with Crippen molar-refractivity contribution in [1.82, 2.24) is 0 Å². The summed E-state index contributed by atoms with van der Waals surface area (Å²) < 4.78 is 26.5. The van der Waals surface area contributed by atoms with Crippen LogP contribution in [0.3, 0.4) is 0 Å². The van der Waals surface area contributed by atoms with Gasteiger partial charge in [-0.1, -0.05) is 46.8 Å². The van der Waals surface area contributed by atoms with Gasteiger partial charge in [0.25, 0.3) is 0 Å². The van der Waals surface area contributed by atoms with Crippen molar-refractivity contribution in [2.45, 2.75) is 20.0 Å². The van der Waals surface area contributed by atoms with Gasteiger partial charge in [-0.05, 0) is 65.6 Å². The number of methoxy groups -OCH3 is 2. The van der Waals surface area contributed by atoms with E-state index >= 15 is 4.39 Å². The third-order valence-electron chi connectivity index (χ3n) is 4.90. The van der Waals surface area contributed by atoms with E-state index in [-0.39, 0.29) is 5.82 Å². The number of ether oxygens (including phenoxy) is 2. The fraction of sp³-hybridized carbons (Fsp3) is 0.200. The minimum Gasteiger partial charge on any atom is -0.497 e. The Labute approximate surface area is 185 Å². The highest BCUT2D eigenvalue weighted by molar-refractivity contribution is 9.10. The molecular weight excluding hydrogens is 445 g/mol. The van der Waals surface area contributed by atoms with Crippen LogP contribution >= 0.6 is 15.9 Å². The minimum absolute atomic E-state index is 0.279. The molecule has 3 aromatic rings. The zero-order valence-corrected chi connectivity index (χ0v) is 19.0. The molecule has 156 valence electrons. The maximum Gasteiger partial charge on any atom is 0.147 e. The molecule has 30 heavy (non-hydrogen) atoms. The number of benzene rings is 3. The van der Waals surface area contributed by atoms with Gasteiger partial charge in [-0.2, -0.15) is 0 Å². The molecular formula is C25H25BrFNO2. The molecule has 3 rings (SSSR count). The molecule has 0 heterocycles. The maximum atomic E-state index is 15.1. The summed E-state index contributed by atoms with van der Waals surface area (Å²) in [6.45, 7) is 6.90. The van der Waals surface area contributed by atoms with E-state index in [9.17, 15) is 0 Å². The largest absolute Gasteiger partial charge is 0.497 e. The fourth-order valence-corrected chi connectivity index (χ4v) is 3.90.